The minimum absolute atomic E-state index is 0.0639. The van der Waals surface area contributed by atoms with Crippen molar-refractivity contribution >= 4 is 17.3 Å². The number of hydrogen-bond acceptors (Lipinski definition) is 6. The maximum atomic E-state index is 10.9. The van der Waals surface area contributed by atoms with E-state index in [-0.39, 0.29) is 22.9 Å². The summed E-state index contributed by atoms with van der Waals surface area (Å²) in [5, 5.41) is 14.1. The average Bonchev–Trinajstić information content (AvgIpc) is 2.23. The largest absolute Gasteiger partial charge is 0.378 e. The number of nitrogens with one attached hydrogen (secondary N) is 1. The van der Waals surface area contributed by atoms with Gasteiger partial charge in [-0.3, -0.25) is 10.1 Å². The summed E-state index contributed by atoms with van der Waals surface area (Å²) in [6, 6.07) is 0. The Balaban J connectivity index is 2.32. The summed E-state index contributed by atoms with van der Waals surface area (Å²) in [5.74, 6) is 0.127. The summed E-state index contributed by atoms with van der Waals surface area (Å²) < 4.78 is 0. The smallest absolute Gasteiger partial charge is 0.353 e. The van der Waals surface area contributed by atoms with Gasteiger partial charge < -0.3 is 11.1 Å². The molecule has 0 unspecified atom stereocenters. The second-order valence-corrected chi connectivity index (χ2v) is 4.33. The van der Waals surface area contributed by atoms with E-state index in [2.05, 4.69) is 22.2 Å². The first-order chi connectivity index (χ1) is 8.08. The predicted molar refractivity (Wildman–Crippen MR) is 63.6 cm³/mol. The second-order valence-electron chi connectivity index (χ2n) is 4.33. The molecule has 2 rings (SSSR count). The molecule has 0 bridgehead atoms. The lowest BCUT2D eigenvalue weighted by molar-refractivity contribution is -0.383. The van der Waals surface area contributed by atoms with Crippen LogP contribution in [0.2, 0.25) is 0 Å². The van der Waals surface area contributed by atoms with E-state index in [9.17, 15) is 10.1 Å². The Bertz CT molecular complexity index is 439. The zero-order chi connectivity index (χ0) is 12.5. The predicted octanol–water partition coefficient (Wildman–Crippen LogP) is 1.71. The fourth-order valence-corrected chi connectivity index (χ4v) is 2.09. The number of nitrogens with zero attached hydrogens (tertiary/aromatic N) is 3. The van der Waals surface area contributed by atoms with Gasteiger partial charge in [0, 0.05) is 5.54 Å². The fraction of sp³-hybridized carbons (Fsp3) is 0.600. The molecule has 0 aliphatic heterocycles. The SMILES string of the molecule is CCC1(Nc2ncnc(N)c2[N+](=O)[O-])CCC1. The molecule has 1 aliphatic carbocycles. The van der Waals surface area contributed by atoms with E-state index < -0.39 is 4.92 Å². The van der Waals surface area contributed by atoms with Crippen LogP contribution in [0.4, 0.5) is 17.3 Å². The fourth-order valence-electron chi connectivity index (χ4n) is 2.09. The number of nitrogen functional groups attached to an aromatic ring is 1. The molecule has 0 saturated heterocycles. The van der Waals surface area contributed by atoms with Crippen molar-refractivity contribution in [2.24, 2.45) is 0 Å². The summed E-state index contributed by atoms with van der Waals surface area (Å²) in [7, 11) is 0. The molecule has 0 aromatic carbocycles. The maximum absolute atomic E-state index is 10.9. The molecule has 0 radical (unpaired) electrons. The molecule has 1 aromatic rings. The summed E-state index contributed by atoms with van der Waals surface area (Å²) in [5.41, 5.74) is 5.22. The minimum Gasteiger partial charge on any atom is -0.378 e. The van der Waals surface area contributed by atoms with E-state index >= 15 is 0 Å². The lowest BCUT2D eigenvalue weighted by Gasteiger charge is -2.42. The van der Waals surface area contributed by atoms with Crippen LogP contribution in [-0.4, -0.2) is 20.4 Å². The Hall–Kier alpha value is -1.92. The highest BCUT2D eigenvalue weighted by atomic mass is 16.6. The van der Waals surface area contributed by atoms with Crippen molar-refractivity contribution in [2.75, 3.05) is 11.1 Å². The molecule has 0 spiro atoms. The van der Waals surface area contributed by atoms with Crippen LogP contribution >= 0.6 is 0 Å². The van der Waals surface area contributed by atoms with Crippen molar-refractivity contribution in [2.45, 2.75) is 38.1 Å². The summed E-state index contributed by atoms with van der Waals surface area (Å²) in [4.78, 5) is 18.0. The molecule has 1 aliphatic rings. The number of anilines is 2. The van der Waals surface area contributed by atoms with Gasteiger partial charge in [0.2, 0.25) is 11.6 Å². The van der Waals surface area contributed by atoms with E-state index in [0.29, 0.717) is 0 Å². The van der Waals surface area contributed by atoms with Crippen molar-refractivity contribution in [1.29, 1.82) is 0 Å². The third-order valence-corrected chi connectivity index (χ3v) is 3.40. The molecular weight excluding hydrogens is 222 g/mol. The highest BCUT2D eigenvalue weighted by molar-refractivity contribution is 5.68. The zero-order valence-corrected chi connectivity index (χ0v) is 9.64. The molecule has 7 heteroatoms. The van der Waals surface area contributed by atoms with Gasteiger partial charge in [-0.1, -0.05) is 6.92 Å². The summed E-state index contributed by atoms with van der Waals surface area (Å²) in [6.07, 6.45) is 5.30. The van der Waals surface area contributed by atoms with Gasteiger partial charge in [0.05, 0.1) is 4.92 Å². The van der Waals surface area contributed by atoms with Crippen molar-refractivity contribution < 1.29 is 4.92 Å². The second kappa shape index (κ2) is 4.15. The maximum Gasteiger partial charge on any atom is 0.353 e. The molecule has 1 aromatic heterocycles. The quantitative estimate of drug-likeness (QED) is 0.609. The van der Waals surface area contributed by atoms with Gasteiger partial charge in [-0.15, -0.1) is 0 Å². The van der Waals surface area contributed by atoms with Crippen molar-refractivity contribution in [3.63, 3.8) is 0 Å². The van der Waals surface area contributed by atoms with Gasteiger partial charge in [-0.25, -0.2) is 9.97 Å². The zero-order valence-electron chi connectivity index (χ0n) is 9.64. The Kier molecular flexibility index (Phi) is 2.83. The molecular formula is C10H15N5O2. The van der Waals surface area contributed by atoms with E-state index in [1.807, 2.05) is 0 Å². The van der Waals surface area contributed by atoms with Crippen molar-refractivity contribution in [1.82, 2.24) is 9.97 Å². The number of nitrogens with two attached hydrogens (primary N) is 1. The molecule has 0 amide bonds. The van der Waals surface area contributed by atoms with Crippen molar-refractivity contribution in [3.8, 4) is 0 Å². The van der Waals surface area contributed by atoms with Gasteiger partial charge in [0.15, 0.2) is 0 Å². The molecule has 17 heavy (non-hydrogen) atoms. The number of aromatic nitrogens is 2. The van der Waals surface area contributed by atoms with Crippen LogP contribution < -0.4 is 11.1 Å². The monoisotopic (exact) mass is 237 g/mol. The number of rotatable bonds is 4. The van der Waals surface area contributed by atoms with Gasteiger partial charge in [0.1, 0.15) is 6.33 Å². The van der Waals surface area contributed by atoms with Gasteiger partial charge in [-0.2, -0.15) is 0 Å². The summed E-state index contributed by atoms with van der Waals surface area (Å²) in [6.45, 7) is 2.06. The third-order valence-electron chi connectivity index (χ3n) is 3.40. The number of hydrogen-bond donors (Lipinski definition) is 2. The van der Waals surface area contributed by atoms with Crippen LogP contribution in [0, 0.1) is 10.1 Å². The normalized spacial score (nSPS) is 17.2. The molecule has 1 saturated carbocycles. The first kappa shape index (κ1) is 11.6. The lowest BCUT2D eigenvalue weighted by Crippen LogP contribution is -2.44. The van der Waals surface area contributed by atoms with Gasteiger partial charge in [0.25, 0.3) is 0 Å². The van der Waals surface area contributed by atoms with Crippen molar-refractivity contribution in [3.05, 3.63) is 16.4 Å². The van der Waals surface area contributed by atoms with E-state index in [0.717, 1.165) is 25.7 Å². The lowest BCUT2D eigenvalue weighted by atomic mass is 9.75. The summed E-state index contributed by atoms with van der Waals surface area (Å²) >= 11 is 0. The average molecular weight is 237 g/mol. The molecule has 0 atom stereocenters. The van der Waals surface area contributed by atoms with Crippen LogP contribution in [0.15, 0.2) is 6.33 Å². The standard InChI is InChI=1S/C10H15N5O2/c1-2-10(4-3-5-10)14-9-7(15(16)17)8(11)12-6-13-9/h6H,2-5H2,1H3,(H3,11,12,13,14). The topological polar surface area (TPSA) is 107 Å². The van der Waals surface area contributed by atoms with Gasteiger partial charge in [-0.05, 0) is 25.7 Å². The molecule has 92 valence electrons. The van der Waals surface area contributed by atoms with Crippen LogP contribution in [0.25, 0.3) is 0 Å². The first-order valence-electron chi connectivity index (χ1n) is 5.61. The molecule has 1 heterocycles. The molecule has 1 fully saturated rings. The Morgan fingerprint density at radius 2 is 2.29 bits per heavy atom. The van der Waals surface area contributed by atoms with E-state index in [1.54, 1.807) is 0 Å². The van der Waals surface area contributed by atoms with E-state index in [1.165, 1.54) is 6.33 Å². The third kappa shape index (κ3) is 2.00. The van der Waals surface area contributed by atoms with Crippen LogP contribution in [0.3, 0.4) is 0 Å². The van der Waals surface area contributed by atoms with Gasteiger partial charge >= 0.3 is 5.69 Å². The molecule has 7 nitrogen and oxygen atoms in total. The van der Waals surface area contributed by atoms with Crippen LogP contribution in [0.1, 0.15) is 32.6 Å². The Morgan fingerprint density at radius 3 is 2.76 bits per heavy atom. The Morgan fingerprint density at radius 1 is 1.59 bits per heavy atom. The van der Waals surface area contributed by atoms with Crippen LogP contribution in [-0.2, 0) is 0 Å². The highest BCUT2D eigenvalue weighted by Crippen LogP contribution is 2.40. The number of nitro groups is 1. The highest BCUT2D eigenvalue weighted by Gasteiger charge is 2.37. The first-order valence-corrected chi connectivity index (χ1v) is 5.61. The molecule has 3 N–H and O–H groups in total. The van der Waals surface area contributed by atoms with Crippen LogP contribution in [0.5, 0.6) is 0 Å². The Labute approximate surface area is 98.6 Å². The van der Waals surface area contributed by atoms with E-state index in [4.69, 9.17) is 5.73 Å². The minimum atomic E-state index is -0.542.